The molecule has 0 bridgehead atoms. The van der Waals surface area contributed by atoms with Gasteiger partial charge in [-0.2, -0.15) is 0 Å². The molecule has 1 saturated carbocycles. The Balaban J connectivity index is 2.13. The molecule has 1 aromatic heterocycles. The number of hydrogen-bond acceptors (Lipinski definition) is 3. The molecular formula is C16H25BrN2O. The molecule has 1 unspecified atom stereocenters. The fourth-order valence-corrected chi connectivity index (χ4v) is 3.71. The van der Waals surface area contributed by atoms with Crippen LogP contribution >= 0.6 is 15.9 Å². The van der Waals surface area contributed by atoms with Gasteiger partial charge in [-0.1, -0.05) is 6.92 Å². The van der Waals surface area contributed by atoms with Crippen molar-refractivity contribution in [3.63, 3.8) is 0 Å². The van der Waals surface area contributed by atoms with E-state index in [1.165, 1.54) is 18.4 Å². The molecule has 1 aliphatic carbocycles. The maximum atomic E-state index is 5.99. The third-order valence-electron chi connectivity index (χ3n) is 4.71. The number of aromatic nitrogens is 1. The van der Waals surface area contributed by atoms with Crippen LogP contribution in [-0.4, -0.2) is 30.8 Å². The third-order valence-corrected chi connectivity index (χ3v) is 5.15. The zero-order valence-electron chi connectivity index (χ0n) is 12.7. The molecule has 0 spiro atoms. The molecule has 0 radical (unpaired) electrons. The lowest BCUT2D eigenvalue weighted by molar-refractivity contribution is -0.0730. The number of pyridine rings is 1. The van der Waals surface area contributed by atoms with Crippen LogP contribution in [-0.2, 0) is 11.2 Å². The van der Waals surface area contributed by atoms with Crippen molar-refractivity contribution in [2.45, 2.75) is 50.7 Å². The second-order valence-electron chi connectivity index (χ2n) is 6.01. The molecular weight excluding hydrogens is 316 g/mol. The zero-order chi connectivity index (χ0) is 14.6. The highest BCUT2D eigenvalue weighted by molar-refractivity contribution is 9.10. The molecule has 2 rings (SSSR count). The largest absolute Gasteiger partial charge is 0.377 e. The summed E-state index contributed by atoms with van der Waals surface area (Å²) in [4.78, 5) is 4.26. The second-order valence-corrected chi connectivity index (χ2v) is 6.92. The van der Waals surface area contributed by atoms with Gasteiger partial charge in [0.25, 0.3) is 0 Å². The first-order chi connectivity index (χ1) is 9.59. The minimum absolute atomic E-state index is 0.0381. The van der Waals surface area contributed by atoms with E-state index in [1.807, 2.05) is 26.6 Å². The summed E-state index contributed by atoms with van der Waals surface area (Å²) in [5.74, 6) is 0.823. The summed E-state index contributed by atoms with van der Waals surface area (Å²) in [6, 6.07) is 2.47. The van der Waals surface area contributed by atoms with Crippen LogP contribution in [0.15, 0.2) is 22.9 Å². The van der Waals surface area contributed by atoms with Gasteiger partial charge in [-0.25, -0.2) is 0 Å². The van der Waals surface area contributed by atoms with Crippen LogP contribution in [0.2, 0.25) is 0 Å². The minimum atomic E-state index is -0.0381. The van der Waals surface area contributed by atoms with Gasteiger partial charge in [0.1, 0.15) is 0 Å². The lowest BCUT2D eigenvalue weighted by atomic mass is 9.74. The Morgan fingerprint density at radius 1 is 1.45 bits per heavy atom. The fraction of sp³-hybridized carbons (Fsp3) is 0.688. The summed E-state index contributed by atoms with van der Waals surface area (Å²) in [6.45, 7) is 2.34. The maximum Gasteiger partial charge on any atom is 0.0834 e. The number of ether oxygens (including phenoxy) is 1. The highest BCUT2D eigenvalue weighted by atomic mass is 79.9. The molecule has 4 heteroatoms. The predicted octanol–water partition coefficient (Wildman–Crippen LogP) is 3.57. The molecule has 112 valence electrons. The van der Waals surface area contributed by atoms with Crippen molar-refractivity contribution in [1.29, 1.82) is 0 Å². The van der Waals surface area contributed by atoms with Crippen LogP contribution in [0.25, 0.3) is 0 Å². The average molecular weight is 341 g/mol. The predicted molar refractivity (Wildman–Crippen MR) is 85.9 cm³/mol. The molecule has 20 heavy (non-hydrogen) atoms. The van der Waals surface area contributed by atoms with Crippen LogP contribution in [0.5, 0.6) is 0 Å². The first kappa shape index (κ1) is 15.9. The molecule has 1 aromatic rings. The molecule has 1 atom stereocenters. The lowest BCUT2D eigenvalue weighted by Crippen LogP contribution is -2.54. The van der Waals surface area contributed by atoms with Gasteiger partial charge in [-0.15, -0.1) is 0 Å². The first-order valence-electron chi connectivity index (χ1n) is 7.41. The first-order valence-corrected chi connectivity index (χ1v) is 8.21. The van der Waals surface area contributed by atoms with E-state index in [1.54, 1.807) is 0 Å². The Morgan fingerprint density at radius 3 is 2.70 bits per heavy atom. The Morgan fingerprint density at radius 2 is 2.15 bits per heavy atom. The van der Waals surface area contributed by atoms with E-state index in [0.29, 0.717) is 6.04 Å². The van der Waals surface area contributed by atoms with Crippen molar-refractivity contribution < 1.29 is 4.74 Å². The van der Waals surface area contributed by atoms with Crippen LogP contribution < -0.4 is 5.32 Å². The van der Waals surface area contributed by atoms with Crippen LogP contribution in [0.4, 0.5) is 0 Å². The Kier molecular flexibility index (Phi) is 5.58. The maximum absolute atomic E-state index is 5.99. The fourth-order valence-electron chi connectivity index (χ4n) is 3.30. The summed E-state index contributed by atoms with van der Waals surface area (Å²) in [7, 11) is 3.90. The van der Waals surface area contributed by atoms with Crippen LogP contribution in [0, 0.1) is 5.92 Å². The number of hydrogen-bond donors (Lipinski definition) is 1. The summed E-state index contributed by atoms with van der Waals surface area (Å²) in [5.41, 5.74) is 1.21. The van der Waals surface area contributed by atoms with Crippen molar-refractivity contribution in [3.05, 3.63) is 28.5 Å². The van der Waals surface area contributed by atoms with E-state index < -0.39 is 0 Å². The molecule has 0 saturated heterocycles. The van der Waals surface area contributed by atoms with Crippen LogP contribution in [0.1, 0.15) is 38.2 Å². The van der Waals surface area contributed by atoms with Gasteiger partial charge in [-0.3, -0.25) is 4.98 Å². The normalized spacial score (nSPS) is 28.3. The Labute approximate surface area is 130 Å². The van der Waals surface area contributed by atoms with Gasteiger partial charge in [0, 0.05) is 30.0 Å². The van der Waals surface area contributed by atoms with Crippen molar-refractivity contribution in [2.24, 2.45) is 5.92 Å². The van der Waals surface area contributed by atoms with Crippen molar-refractivity contribution >= 4 is 15.9 Å². The smallest absolute Gasteiger partial charge is 0.0834 e. The van der Waals surface area contributed by atoms with E-state index in [2.05, 4.69) is 39.2 Å². The van der Waals surface area contributed by atoms with Gasteiger partial charge in [-0.05, 0) is 72.6 Å². The highest BCUT2D eigenvalue weighted by Gasteiger charge is 2.40. The monoisotopic (exact) mass is 340 g/mol. The minimum Gasteiger partial charge on any atom is -0.377 e. The molecule has 1 N–H and O–H groups in total. The van der Waals surface area contributed by atoms with Gasteiger partial charge < -0.3 is 10.1 Å². The van der Waals surface area contributed by atoms with Crippen molar-refractivity contribution in [3.8, 4) is 0 Å². The van der Waals surface area contributed by atoms with Gasteiger partial charge in [0.2, 0.25) is 0 Å². The molecule has 1 aliphatic rings. The third kappa shape index (κ3) is 3.60. The molecule has 3 nitrogen and oxygen atoms in total. The number of methoxy groups -OCH3 is 1. The van der Waals surface area contributed by atoms with Crippen molar-refractivity contribution in [1.82, 2.24) is 10.3 Å². The summed E-state index contributed by atoms with van der Waals surface area (Å²) in [6.07, 6.45) is 9.50. The van der Waals surface area contributed by atoms with E-state index >= 15 is 0 Å². The molecule has 0 amide bonds. The van der Waals surface area contributed by atoms with Gasteiger partial charge >= 0.3 is 0 Å². The highest BCUT2D eigenvalue weighted by Crippen LogP contribution is 2.37. The summed E-state index contributed by atoms with van der Waals surface area (Å²) in [5, 5.41) is 3.48. The van der Waals surface area contributed by atoms with Gasteiger partial charge in [0.15, 0.2) is 0 Å². The van der Waals surface area contributed by atoms with E-state index in [-0.39, 0.29) is 5.60 Å². The Bertz CT molecular complexity index is 430. The number of halogens is 1. The average Bonchev–Trinajstić information content (AvgIpc) is 2.46. The molecule has 1 fully saturated rings. The number of likely N-dealkylation sites (N-methyl/N-ethyl adjacent to an activating group) is 1. The van der Waals surface area contributed by atoms with Crippen molar-refractivity contribution in [2.75, 3.05) is 14.2 Å². The second kappa shape index (κ2) is 7.01. The molecule has 0 aliphatic heterocycles. The summed E-state index contributed by atoms with van der Waals surface area (Å²) < 4.78 is 7.02. The SMILES string of the molecule is CNC(Cc1cncc(Br)c1)C1(OC)CCC(C)CC1. The topological polar surface area (TPSA) is 34.2 Å². The number of rotatable bonds is 5. The Hall–Kier alpha value is -0.450. The number of nitrogens with zero attached hydrogens (tertiary/aromatic N) is 1. The van der Waals surface area contributed by atoms with Gasteiger partial charge in [0.05, 0.1) is 5.60 Å². The lowest BCUT2D eigenvalue weighted by Gasteiger charge is -2.44. The van der Waals surface area contributed by atoms with E-state index in [9.17, 15) is 0 Å². The molecule has 0 aromatic carbocycles. The van der Waals surface area contributed by atoms with E-state index in [0.717, 1.165) is 29.7 Å². The number of nitrogens with one attached hydrogen (secondary N) is 1. The standard InChI is InChI=1S/C16H25BrN2O/c1-12-4-6-16(20-3,7-5-12)15(18-2)9-13-8-14(17)11-19-10-13/h8,10-12,15,18H,4-7,9H2,1-3H3. The van der Waals surface area contributed by atoms with E-state index in [4.69, 9.17) is 4.74 Å². The molecule has 1 heterocycles. The summed E-state index contributed by atoms with van der Waals surface area (Å²) >= 11 is 3.49. The zero-order valence-corrected chi connectivity index (χ0v) is 14.2. The van der Waals surface area contributed by atoms with Crippen LogP contribution in [0.3, 0.4) is 0 Å². The quantitative estimate of drug-likeness (QED) is 0.889.